The molecule has 3 nitrogen and oxygen atoms in total. The summed E-state index contributed by atoms with van der Waals surface area (Å²) in [5.74, 6) is -0.00558. The van der Waals surface area contributed by atoms with E-state index < -0.39 is 17.6 Å². The summed E-state index contributed by atoms with van der Waals surface area (Å²) in [5, 5.41) is 2.65. The molecule has 0 aliphatic heterocycles. The number of carbonyl (C=O) groups is 1. The topological polar surface area (TPSA) is 38.3 Å². The van der Waals surface area contributed by atoms with Crippen LogP contribution in [0.2, 0.25) is 0 Å². The number of alkyl halides is 3. The summed E-state index contributed by atoms with van der Waals surface area (Å²) >= 11 is 0. The molecule has 3 rings (SSSR count). The summed E-state index contributed by atoms with van der Waals surface area (Å²) in [5.41, 5.74) is 0.906. The van der Waals surface area contributed by atoms with Crippen molar-refractivity contribution in [3.8, 4) is 5.75 Å². The minimum atomic E-state index is -4.42. The molecule has 1 amide bonds. The van der Waals surface area contributed by atoms with Gasteiger partial charge in [-0.15, -0.1) is 0 Å². The Bertz CT molecular complexity index is 940. The summed E-state index contributed by atoms with van der Waals surface area (Å²) in [6, 6.07) is 21.1. The van der Waals surface area contributed by atoms with Gasteiger partial charge in [-0.25, -0.2) is 0 Å². The van der Waals surface area contributed by atoms with Crippen LogP contribution in [0.15, 0.2) is 78.9 Å². The van der Waals surface area contributed by atoms with Crippen LogP contribution in [0.5, 0.6) is 5.75 Å². The average Bonchev–Trinajstić information content (AvgIpc) is 2.71. The first-order valence-electron chi connectivity index (χ1n) is 8.63. The van der Waals surface area contributed by atoms with Gasteiger partial charge in [0.25, 0.3) is 5.91 Å². The van der Waals surface area contributed by atoms with Crippen LogP contribution in [0.1, 0.15) is 27.0 Å². The van der Waals surface area contributed by atoms with Crippen molar-refractivity contribution in [3.63, 3.8) is 0 Å². The molecule has 0 unspecified atom stereocenters. The first kappa shape index (κ1) is 19.5. The lowest BCUT2D eigenvalue weighted by molar-refractivity contribution is -0.137. The molecule has 0 bridgehead atoms. The fourth-order valence-corrected chi connectivity index (χ4v) is 2.65. The van der Waals surface area contributed by atoms with Crippen molar-refractivity contribution in [1.29, 1.82) is 0 Å². The second kappa shape index (κ2) is 8.61. The second-order valence-electron chi connectivity index (χ2n) is 6.15. The molecule has 144 valence electrons. The van der Waals surface area contributed by atoms with Gasteiger partial charge in [0.05, 0.1) is 11.1 Å². The molecule has 0 aromatic heterocycles. The quantitative estimate of drug-likeness (QED) is 0.632. The SMILES string of the molecule is O=C(NCc1cccc(C(F)(F)F)c1)c1ccccc1OCc1ccccc1. The highest BCUT2D eigenvalue weighted by atomic mass is 19.4. The van der Waals surface area contributed by atoms with E-state index in [1.807, 2.05) is 30.3 Å². The molecule has 0 aliphatic carbocycles. The lowest BCUT2D eigenvalue weighted by atomic mass is 10.1. The van der Waals surface area contributed by atoms with Gasteiger partial charge in [-0.05, 0) is 35.4 Å². The number of hydrogen-bond acceptors (Lipinski definition) is 2. The standard InChI is InChI=1S/C22H18F3NO2/c23-22(24,25)18-10-6-9-17(13-18)14-26-21(27)19-11-4-5-12-20(19)28-15-16-7-2-1-3-8-16/h1-13H,14-15H2,(H,26,27). The number of ether oxygens (including phenoxy) is 1. The molecule has 3 aromatic carbocycles. The molecule has 3 aromatic rings. The van der Waals surface area contributed by atoms with Crippen molar-refractivity contribution in [3.05, 3.63) is 101 Å². The van der Waals surface area contributed by atoms with Crippen LogP contribution in [0.25, 0.3) is 0 Å². The Morgan fingerprint density at radius 1 is 0.857 bits per heavy atom. The Morgan fingerprint density at radius 2 is 1.54 bits per heavy atom. The van der Waals surface area contributed by atoms with Crippen molar-refractivity contribution >= 4 is 5.91 Å². The maximum absolute atomic E-state index is 12.8. The van der Waals surface area contributed by atoms with Crippen LogP contribution in [0.4, 0.5) is 13.2 Å². The van der Waals surface area contributed by atoms with Crippen LogP contribution < -0.4 is 10.1 Å². The Labute approximate surface area is 160 Å². The van der Waals surface area contributed by atoms with Crippen molar-refractivity contribution in [1.82, 2.24) is 5.32 Å². The number of rotatable bonds is 6. The molecule has 0 aliphatic rings. The maximum Gasteiger partial charge on any atom is 0.416 e. The minimum absolute atomic E-state index is 0.0181. The van der Waals surface area contributed by atoms with E-state index in [0.717, 1.165) is 17.7 Å². The van der Waals surface area contributed by atoms with Gasteiger partial charge >= 0.3 is 6.18 Å². The molecular formula is C22H18F3NO2. The molecule has 0 heterocycles. The fraction of sp³-hybridized carbons (Fsp3) is 0.136. The number of nitrogens with one attached hydrogen (secondary N) is 1. The molecule has 1 N–H and O–H groups in total. The van der Waals surface area contributed by atoms with Crippen molar-refractivity contribution in [2.24, 2.45) is 0 Å². The van der Waals surface area contributed by atoms with E-state index in [0.29, 0.717) is 23.5 Å². The summed E-state index contributed by atoms with van der Waals surface area (Å²) in [4.78, 5) is 12.5. The predicted octanol–water partition coefficient (Wildman–Crippen LogP) is 5.21. The molecule has 0 radical (unpaired) electrons. The third kappa shape index (κ3) is 5.13. The number of carbonyl (C=O) groups excluding carboxylic acids is 1. The van der Waals surface area contributed by atoms with Gasteiger partial charge < -0.3 is 10.1 Å². The molecule has 0 atom stereocenters. The normalized spacial score (nSPS) is 11.1. The van der Waals surface area contributed by atoms with Crippen LogP contribution in [0.3, 0.4) is 0 Å². The Kier molecular flexibility index (Phi) is 5.99. The summed E-state index contributed by atoms with van der Waals surface area (Å²) < 4.78 is 44.2. The third-order valence-corrected chi connectivity index (χ3v) is 4.08. The Balaban J connectivity index is 1.66. The highest BCUT2D eigenvalue weighted by molar-refractivity contribution is 5.96. The van der Waals surface area contributed by atoms with Gasteiger partial charge in [0.15, 0.2) is 0 Å². The van der Waals surface area contributed by atoms with Gasteiger partial charge in [0.1, 0.15) is 12.4 Å². The second-order valence-corrected chi connectivity index (χ2v) is 6.15. The number of para-hydroxylation sites is 1. The van der Waals surface area contributed by atoms with Crippen LogP contribution in [-0.4, -0.2) is 5.91 Å². The number of amides is 1. The van der Waals surface area contributed by atoms with Gasteiger partial charge in [0, 0.05) is 6.54 Å². The van der Waals surface area contributed by atoms with Gasteiger partial charge in [-0.1, -0.05) is 54.6 Å². The first-order chi connectivity index (χ1) is 13.4. The zero-order valence-electron chi connectivity index (χ0n) is 14.9. The van der Waals surface area contributed by atoms with E-state index in [9.17, 15) is 18.0 Å². The molecule has 6 heteroatoms. The van der Waals surface area contributed by atoms with E-state index in [1.54, 1.807) is 24.3 Å². The highest BCUT2D eigenvalue weighted by Crippen LogP contribution is 2.29. The fourth-order valence-electron chi connectivity index (χ4n) is 2.65. The Hall–Kier alpha value is -3.28. The highest BCUT2D eigenvalue weighted by Gasteiger charge is 2.30. The lowest BCUT2D eigenvalue weighted by Crippen LogP contribution is -2.23. The lowest BCUT2D eigenvalue weighted by Gasteiger charge is -2.13. The minimum Gasteiger partial charge on any atom is -0.488 e. The first-order valence-corrected chi connectivity index (χ1v) is 8.63. The summed E-state index contributed by atoms with van der Waals surface area (Å²) in [6.45, 7) is 0.286. The van der Waals surface area contributed by atoms with E-state index in [4.69, 9.17) is 4.74 Å². The molecule has 28 heavy (non-hydrogen) atoms. The average molecular weight is 385 g/mol. The van der Waals surface area contributed by atoms with E-state index in [2.05, 4.69) is 5.32 Å². The maximum atomic E-state index is 12.8. The van der Waals surface area contributed by atoms with Gasteiger partial charge in [-0.3, -0.25) is 4.79 Å². The van der Waals surface area contributed by atoms with E-state index >= 15 is 0 Å². The van der Waals surface area contributed by atoms with Gasteiger partial charge in [0.2, 0.25) is 0 Å². The summed E-state index contributed by atoms with van der Waals surface area (Å²) in [6.07, 6.45) is -4.42. The number of hydrogen-bond donors (Lipinski definition) is 1. The predicted molar refractivity (Wildman–Crippen MR) is 99.8 cm³/mol. The molecule has 0 spiro atoms. The van der Waals surface area contributed by atoms with Crippen LogP contribution in [0, 0.1) is 0 Å². The number of benzene rings is 3. The molecular weight excluding hydrogens is 367 g/mol. The molecule has 0 saturated heterocycles. The van der Waals surface area contributed by atoms with Crippen molar-refractivity contribution in [2.75, 3.05) is 0 Å². The third-order valence-electron chi connectivity index (χ3n) is 4.08. The zero-order chi connectivity index (χ0) is 20.0. The van der Waals surface area contributed by atoms with Crippen molar-refractivity contribution in [2.45, 2.75) is 19.3 Å². The smallest absolute Gasteiger partial charge is 0.416 e. The molecule has 0 saturated carbocycles. The monoisotopic (exact) mass is 385 g/mol. The molecule has 0 fully saturated rings. The zero-order valence-corrected chi connectivity index (χ0v) is 14.9. The van der Waals surface area contributed by atoms with Crippen molar-refractivity contribution < 1.29 is 22.7 Å². The summed E-state index contributed by atoms with van der Waals surface area (Å²) in [7, 11) is 0. The number of halogens is 3. The van der Waals surface area contributed by atoms with E-state index in [1.165, 1.54) is 12.1 Å². The Morgan fingerprint density at radius 3 is 2.29 bits per heavy atom. The van der Waals surface area contributed by atoms with E-state index in [-0.39, 0.29) is 6.54 Å². The van der Waals surface area contributed by atoms with Crippen LogP contribution >= 0.6 is 0 Å². The van der Waals surface area contributed by atoms with Gasteiger partial charge in [-0.2, -0.15) is 13.2 Å². The largest absolute Gasteiger partial charge is 0.488 e. The van der Waals surface area contributed by atoms with Crippen LogP contribution in [-0.2, 0) is 19.3 Å².